The van der Waals surface area contributed by atoms with Crippen LogP contribution in [0.5, 0.6) is 5.75 Å². The number of ether oxygens (including phenoxy) is 1. The van der Waals surface area contributed by atoms with Gasteiger partial charge in [-0.2, -0.15) is 0 Å². The van der Waals surface area contributed by atoms with Gasteiger partial charge in [0.2, 0.25) is 0 Å². The molecule has 0 saturated carbocycles. The van der Waals surface area contributed by atoms with Crippen LogP contribution >= 0.6 is 11.6 Å². The second kappa shape index (κ2) is 11.5. The van der Waals surface area contributed by atoms with Gasteiger partial charge in [-0.25, -0.2) is 8.78 Å². The van der Waals surface area contributed by atoms with Crippen molar-refractivity contribution in [3.05, 3.63) is 70.1 Å². The molecule has 1 N–H and O–H groups in total. The van der Waals surface area contributed by atoms with E-state index in [0.29, 0.717) is 65.8 Å². The third-order valence-electron chi connectivity index (χ3n) is 7.23. The van der Waals surface area contributed by atoms with Gasteiger partial charge < -0.3 is 9.84 Å². The Morgan fingerprint density at radius 3 is 2.70 bits per heavy atom. The van der Waals surface area contributed by atoms with Gasteiger partial charge in [-0.3, -0.25) is 14.7 Å². The van der Waals surface area contributed by atoms with Crippen LogP contribution in [0.15, 0.2) is 42.6 Å². The molecule has 0 spiro atoms. The first-order valence-corrected chi connectivity index (χ1v) is 12.6. The van der Waals surface area contributed by atoms with Gasteiger partial charge in [0, 0.05) is 35.8 Å². The van der Waals surface area contributed by atoms with Crippen LogP contribution in [0, 0.1) is 30.0 Å². The summed E-state index contributed by atoms with van der Waals surface area (Å²) in [5.74, 6) is 5.38. The lowest BCUT2D eigenvalue weighted by Crippen LogP contribution is -2.44. The number of benzene rings is 2. The van der Waals surface area contributed by atoms with Crippen molar-refractivity contribution < 1.29 is 23.4 Å². The first-order valence-electron chi connectivity index (χ1n) is 12.2. The highest BCUT2D eigenvalue weighted by Gasteiger charge is 2.41. The summed E-state index contributed by atoms with van der Waals surface area (Å²) >= 11 is 6.34. The summed E-state index contributed by atoms with van der Waals surface area (Å²) in [6.07, 6.45) is 0.996. The first kappa shape index (κ1) is 26.8. The Kier molecular flexibility index (Phi) is 8.31. The predicted octanol–water partition coefficient (Wildman–Crippen LogP) is 6.35. The zero-order valence-corrected chi connectivity index (χ0v) is 21.6. The molecule has 1 aromatic heterocycles. The molecular weight excluding hydrogens is 498 g/mol. The molecule has 5 nitrogen and oxygen atoms in total. The van der Waals surface area contributed by atoms with Gasteiger partial charge >= 0.3 is 5.97 Å². The Balaban J connectivity index is 1.41. The van der Waals surface area contributed by atoms with Crippen molar-refractivity contribution in [3.63, 3.8) is 0 Å². The van der Waals surface area contributed by atoms with Crippen molar-refractivity contribution in [1.29, 1.82) is 0 Å². The molecule has 1 fully saturated rings. The molecular formula is C29H29ClF2N2O3. The van der Waals surface area contributed by atoms with E-state index < -0.39 is 17.6 Å². The van der Waals surface area contributed by atoms with E-state index in [4.69, 9.17) is 16.3 Å². The van der Waals surface area contributed by atoms with E-state index in [9.17, 15) is 14.3 Å². The molecule has 8 heteroatoms. The lowest BCUT2D eigenvalue weighted by Gasteiger charge is -2.38. The maximum atomic E-state index is 15.6. The molecule has 0 aliphatic carbocycles. The number of methoxy groups -OCH3 is 1. The Morgan fingerprint density at radius 1 is 1.27 bits per heavy atom. The van der Waals surface area contributed by atoms with E-state index in [0.717, 1.165) is 0 Å². The average molecular weight is 527 g/mol. The molecule has 2 aromatic carbocycles. The maximum absolute atomic E-state index is 15.6. The SMILES string of the molecule is COc1ccc2ncc(Cl)c(C(F)CCC3(C(=O)O)CCN(CC#Cc4ccc(C)c(F)c4)CC3)c2c1. The number of aromatic nitrogens is 1. The van der Waals surface area contributed by atoms with Gasteiger partial charge in [-0.05, 0) is 68.5 Å². The number of hydrogen-bond donors (Lipinski definition) is 1. The third-order valence-corrected chi connectivity index (χ3v) is 7.53. The zero-order chi connectivity index (χ0) is 26.6. The summed E-state index contributed by atoms with van der Waals surface area (Å²) in [5, 5.41) is 10.8. The quantitative estimate of drug-likeness (QED) is 0.363. The van der Waals surface area contributed by atoms with Gasteiger partial charge in [-0.15, -0.1) is 0 Å². The average Bonchev–Trinajstić information content (AvgIpc) is 2.89. The van der Waals surface area contributed by atoms with Crippen molar-refractivity contribution >= 4 is 28.5 Å². The number of halogens is 3. The monoisotopic (exact) mass is 526 g/mol. The van der Waals surface area contributed by atoms with E-state index >= 15 is 4.39 Å². The van der Waals surface area contributed by atoms with Gasteiger partial charge in [0.05, 0.1) is 29.6 Å². The molecule has 37 heavy (non-hydrogen) atoms. The normalized spacial score (nSPS) is 16.1. The number of pyridine rings is 1. The molecule has 1 saturated heterocycles. The van der Waals surface area contributed by atoms with Crippen LogP contribution in [-0.4, -0.2) is 47.7 Å². The van der Waals surface area contributed by atoms with E-state index in [1.54, 1.807) is 37.3 Å². The summed E-state index contributed by atoms with van der Waals surface area (Å²) in [7, 11) is 1.53. The molecule has 0 amide bonds. The fourth-order valence-corrected chi connectivity index (χ4v) is 5.06. The zero-order valence-electron chi connectivity index (χ0n) is 20.9. The van der Waals surface area contributed by atoms with Crippen molar-refractivity contribution in [2.75, 3.05) is 26.7 Å². The Hall–Kier alpha value is -3.21. The number of alkyl halides is 1. The minimum atomic E-state index is -1.44. The first-order chi connectivity index (χ1) is 17.7. The number of likely N-dealkylation sites (tertiary alicyclic amines) is 1. The fraction of sp³-hybridized carbons (Fsp3) is 0.379. The molecule has 3 aromatic rings. The number of rotatable bonds is 7. The Labute approximate surface area is 220 Å². The Bertz CT molecular complexity index is 1360. The summed E-state index contributed by atoms with van der Waals surface area (Å²) in [5.41, 5.74) is 1.07. The number of hydrogen-bond acceptors (Lipinski definition) is 4. The standard InChI is InChI=1S/C29H29ClF2N2O3/c1-19-5-6-20(16-25(19)32)4-3-13-34-14-11-29(12-15-34,28(35)36)10-9-24(31)27-22-17-21(37-2)7-8-26(22)33-18-23(27)30/h5-8,16-18,24H,9-15H2,1-2H3,(H,35,36). The van der Waals surface area contributed by atoms with Crippen LogP contribution in [0.2, 0.25) is 5.02 Å². The van der Waals surface area contributed by atoms with E-state index in [1.807, 2.05) is 0 Å². The summed E-state index contributed by atoms with van der Waals surface area (Å²) in [4.78, 5) is 18.6. The van der Waals surface area contributed by atoms with Gasteiger partial charge in [0.15, 0.2) is 0 Å². The van der Waals surface area contributed by atoms with E-state index in [-0.39, 0.29) is 23.7 Å². The number of aryl methyl sites for hydroxylation is 1. The van der Waals surface area contributed by atoms with Crippen molar-refractivity contribution in [2.45, 2.75) is 38.8 Å². The summed E-state index contributed by atoms with van der Waals surface area (Å²) in [6, 6.07) is 10.1. The van der Waals surface area contributed by atoms with Gasteiger partial charge in [0.25, 0.3) is 0 Å². The van der Waals surface area contributed by atoms with Crippen molar-refractivity contribution in [1.82, 2.24) is 9.88 Å². The number of carboxylic acid groups (broad SMARTS) is 1. The molecule has 4 rings (SSSR count). The van der Waals surface area contributed by atoms with Gasteiger partial charge in [0.1, 0.15) is 17.7 Å². The molecule has 0 bridgehead atoms. The molecule has 1 unspecified atom stereocenters. The lowest BCUT2D eigenvalue weighted by atomic mass is 9.74. The third kappa shape index (κ3) is 6.03. The smallest absolute Gasteiger partial charge is 0.309 e. The highest BCUT2D eigenvalue weighted by molar-refractivity contribution is 6.32. The summed E-state index contributed by atoms with van der Waals surface area (Å²) in [6.45, 7) is 3.23. The van der Waals surface area contributed by atoms with Crippen LogP contribution in [0.3, 0.4) is 0 Å². The molecule has 1 aliphatic rings. The topological polar surface area (TPSA) is 62.7 Å². The largest absolute Gasteiger partial charge is 0.497 e. The van der Waals surface area contributed by atoms with Crippen molar-refractivity contribution in [3.8, 4) is 17.6 Å². The number of fused-ring (bicyclic) bond motifs is 1. The number of carbonyl (C=O) groups is 1. The molecule has 0 radical (unpaired) electrons. The van der Waals surface area contributed by atoms with E-state index in [1.165, 1.54) is 19.4 Å². The van der Waals surface area contributed by atoms with Crippen molar-refractivity contribution in [2.24, 2.45) is 5.41 Å². The van der Waals surface area contributed by atoms with Gasteiger partial charge in [-0.1, -0.05) is 29.5 Å². The molecule has 2 heterocycles. The maximum Gasteiger partial charge on any atom is 0.309 e. The molecule has 1 aliphatic heterocycles. The van der Waals surface area contributed by atoms with Crippen LogP contribution in [0.1, 0.15) is 48.5 Å². The predicted molar refractivity (Wildman–Crippen MR) is 140 cm³/mol. The number of piperidine rings is 1. The van der Waals surface area contributed by atoms with Crippen LogP contribution in [0.25, 0.3) is 10.9 Å². The number of aliphatic carboxylic acids is 1. The minimum absolute atomic E-state index is 0.0289. The highest BCUT2D eigenvalue weighted by atomic mass is 35.5. The second-order valence-electron chi connectivity index (χ2n) is 9.54. The van der Waals surface area contributed by atoms with Crippen LogP contribution in [0.4, 0.5) is 8.78 Å². The van der Waals surface area contributed by atoms with Crippen LogP contribution in [-0.2, 0) is 4.79 Å². The van der Waals surface area contributed by atoms with Crippen LogP contribution < -0.4 is 4.74 Å². The second-order valence-corrected chi connectivity index (χ2v) is 9.94. The fourth-order valence-electron chi connectivity index (χ4n) is 4.79. The highest BCUT2D eigenvalue weighted by Crippen LogP contribution is 2.42. The number of nitrogens with zero attached hydrogens (tertiary/aromatic N) is 2. The number of carboxylic acids is 1. The summed E-state index contributed by atoms with van der Waals surface area (Å²) < 4.78 is 34.6. The molecule has 1 atom stereocenters. The minimum Gasteiger partial charge on any atom is -0.497 e. The lowest BCUT2D eigenvalue weighted by molar-refractivity contribution is -0.152. The molecule has 194 valence electrons. The van der Waals surface area contributed by atoms with E-state index in [2.05, 4.69) is 21.7 Å². The Morgan fingerprint density at radius 2 is 2.03 bits per heavy atom.